The average molecular weight is 539 g/mol. The Morgan fingerprint density at radius 1 is 0.865 bits per heavy atom. The Hall–Kier alpha value is -3.08. The van der Waals surface area contributed by atoms with E-state index in [1.54, 1.807) is 20.8 Å². The molecule has 1 aromatic rings. The van der Waals surface area contributed by atoms with Gasteiger partial charge in [0.05, 0.1) is 13.7 Å². The van der Waals surface area contributed by atoms with Crippen molar-refractivity contribution in [2.75, 3.05) is 13.7 Å². The van der Waals surface area contributed by atoms with Gasteiger partial charge in [-0.25, -0.2) is 19.2 Å². The Morgan fingerprint density at radius 2 is 1.43 bits per heavy atom. The monoisotopic (exact) mass is 538 g/mol. The lowest BCUT2D eigenvalue weighted by Gasteiger charge is -2.23. The van der Waals surface area contributed by atoms with Crippen molar-refractivity contribution in [1.82, 2.24) is 10.6 Å². The lowest BCUT2D eigenvalue weighted by Crippen LogP contribution is -2.45. The lowest BCUT2D eigenvalue weighted by molar-refractivity contribution is -0.145. The third kappa shape index (κ3) is 14.9. The minimum absolute atomic E-state index is 0.0499. The number of hydrogen-bond donors (Lipinski definition) is 2. The molecule has 0 aromatic heterocycles. The molecule has 0 radical (unpaired) electrons. The fourth-order valence-electron chi connectivity index (χ4n) is 3.08. The number of ether oxygens (including phenoxy) is 4. The Morgan fingerprint density at radius 3 is 1.97 bits per heavy atom. The summed E-state index contributed by atoms with van der Waals surface area (Å²) in [7, 11) is -0.206. The maximum absolute atomic E-state index is 12.8. The van der Waals surface area contributed by atoms with Crippen LogP contribution in [-0.4, -0.2) is 63.6 Å². The predicted molar refractivity (Wildman–Crippen MR) is 142 cm³/mol. The first kappa shape index (κ1) is 31.9. The number of amides is 2. The van der Waals surface area contributed by atoms with Crippen LogP contribution < -0.4 is 10.6 Å². The van der Waals surface area contributed by atoms with Gasteiger partial charge in [-0.05, 0) is 51.6 Å². The molecule has 208 valence electrons. The zero-order chi connectivity index (χ0) is 28.1. The largest absolute Gasteiger partial charge is 0.467 e. The highest BCUT2D eigenvalue weighted by atomic mass is 28.3. The van der Waals surface area contributed by atoms with Crippen LogP contribution in [0.2, 0.25) is 25.7 Å². The van der Waals surface area contributed by atoms with Crippen molar-refractivity contribution in [3.63, 3.8) is 0 Å². The Labute approximate surface area is 220 Å². The fourth-order valence-corrected chi connectivity index (χ4v) is 3.80. The first-order valence-corrected chi connectivity index (χ1v) is 16.1. The number of rotatable bonds is 13. The summed E-state index contributed by atoms with van der Waals surface area (Å²) in [5.74, 6) is -1.22. The fraction of sp³-hybridized carbons (Fsp3) is 0.615. The van der Waals surface area contributed by atoms with E-state index in [-0.39, 0.29) is 26.1 Å². The van der Waals surface area contributed by atoms with Crippen molar-refractivity contribution in [3.05, 3.63) is 35.9 Å². The van der Waals surface area contributed by atoms with E-state index in [2.05, 4.69) is 30.3 Å². The van der Waals surface area contributed by atoms with Crippen molar-refractivity contribution >= 4 is 32.2 Å². The number of carbonyl (C=O) groups is 4. The van der Waals surface area contributed by atoms with Gasteiger partial charge < -0.3 is 29.6 Å². The van der Waals surface area contributed by atoms with Crippen LogP contribution in [0.5, 0.6) is 0 Å². The molecule has 0 saturated carbocycles. The maximum atomic E-state index is 12.8. The molecular weight excluding hydrogens is 496 g/mol. The first-order chi connectivity index (χ1) is 17.2. The number of nitrogens with one attached hydrogen (secondary N) is 2. The number of benzene rings is 1. The van der Waals surface area contributed by atoms with Gasteiger partial charge in [-0.2, -0.15) is 0 Å². The lowest BCUT2D eigenvalue weighted by atomic mass is 10.1. The molecule has 37 heavy (non-hydrogen) atoms. The maximum Gasteiger partial charge on any atom is 0.408 e. The van der Waals surface area contributed by atoms with Gasteiger partial charge in [-0.15, -0.1) is 0 Å². The number of hydrogen-bond acceptors (Lipinski definition) is 8. The molecule has 10 nitrogen and oxygen atoms in total. The summed E-state index contributed by atoms with van der Waals surface area (Å²) in [5, 5.41) is 5.07. The summed E-state index contributed by atoms with van der Waals surface area (Å²) in [6.45, 7) is 11.9. The highest BCUT2D eigenvalue weighted by molar-refractivity contribution is 6.76. The van der Waals surface area contributed by atoms with Crippen LogP contribution in [0, 0.1) is 0 Å². The third-order valence-corrected chi connectivity index (χ3v) is 6.75. The molecular formula is C26H42N2O8Si. The van der Waals surface area contributed by atoms with E-state index in [0.29, 0.717) is 6.42 Å². The van der Waals surface area contributed by atoms with E-state index in [1.807, 2.05) is 30.3 Å². The van der Waals surface area contributed by atoms with E-state index >= 15 is 0 Å². The SMILES string of the molecule is COC(=O)[C@@H](CCC[C@H](NC(=O)OCc1ccccc1)C(=O)OCC[Si](C)(C)C)NC(=O)OC(C)(C)C. The third-order valence-electron chi connectivity index (χ3n) is 5.05. The molecule has 0 saturated heterocycles. The summed E-state index contributed by atoms with van der Waals surface area (Å²) in [4.78, 5) is 49.5. The Kier molecular flexibility index (Phi) is 13.2. The summed E-state index contributed by atoms with van der Waals surface area (Å²) < 4.78 is 20.7. The van der Waals surface area contributed by atoms with Crippen LogP contribution in [-0.2, 0) is 35.1 Å². The van der Waals surface area contributed by atoms with E-state index in [4.69, 9.17) is 18.9 Å². The van der Waals surface area contributed by atoms with Crippen LogP contribution >= 0.6 is 0 Å². The topological polar surface area (TPSA) is 129 Å². The molecule has 0 spiro atoms. The van der Waals surface area contributed by atoms with Crippen LogP contribution in [0.3, 0.4) is 0 Å². The summed E-state index contributed by atoms with van der Waals surface area (Å²) in [6, 6.07) is 7.98. The molecule has 0 heterocycles. The van der Waals surface area contributed by atoms with Crippen LogP contribution in [0.4, 0.5) is 9.59 Å². The molecule has 0 aliphatic carbocycles. The zero-order valence-electron chi connectivity index (χ0n) is 23.1. The molecule has 2 N–H and O–H groups in total. The highest BCUT2D eigenvalue weighted by Crippen LogP contribution is 2.13. The van der Waals surface area contributed by atoms with Crippen LogP contribution in [0.25, 0.3) is 0 Å². The average Bonchev–Trinajstić information content (AvgIpc) is 2.79. The van der Waals surface area contributed by atoms with Crippen molar-refractivity contribution in [2.45, 2.75) is 90.0 Å². The smallest absolute Gasteiger partial charge is 0.408 e. The minimum Gasteiger partial charge on any atom is -0.467 e. The highest BCUT2D eigenvalue weighted by Gasteiger charge is 2.28. The molecule has 2 amide bonds. The molecule has 1 aromatic carbocycles. The summed E-state index contributed by atoms with van der Waals surface area (Å²) >= 11 is 0. The molecule has 0 unspecified atom stereocenters. The second kappa shape index (κ2) is 15.2. The zero-order valence-corrected chi connectivity index (χ0v) is 24.1. The first-order valence-electron chi connectivity index (χ1n) is 12.4. The molecule has 0 bridgehead atoms. The molecule has 2 atom stereocenters. The number of esters is 2. The van der Waals surface area contributed by atoms with E-state index in [9.17, 15) is 19.2 Å². The molecule has 0 fully saturated rings. The molecule has 1 rings (SSSR count). The van der Waals surface area contributed by atoms with Gasteiger partial charge in [0, 0.05) is 8.07 Å². The summed E-state index contributed by atoms with van der Waals surface area (Å²) in [5.41, 5.74) is 0.0700. The second-order valence-corrected chi connectivity index (χ2v) is 16.5. The molecule has 0 aliphatic heterocycles. The Bertz CT molecular complexity index is 881. The number of alkyl carbamates (subject to hydrolysis) is 2. The second-order valence-electron chi connectivity index (χ2n) is 10.9. The Balaban J connectivity index is 2.77. The quantitative estimate of drug-likeness (QED) is 0.215. The van der Waals surface area contributed by atoms with Gasteiger partial charge >= 0.3 is 24.1 Å². The predicted octanol–water partition coefficient (Wildman–Crippen LogP) is 4.40. The van der Waals surface area contributed by atoms with Gasteiger partial charge in [-0.1, -0.05) is 50.0 Å². The van der Waals surface area contributed by atoms with Gasteiger partial charge in [-0.3, -0.25) is 0 Å². The minimum atomic E-state index is -1.42. The van der Waals surface area contributed by atoms with E-state index in [0.717, 1.165) is 11.6 Å². The molecule has 0 aliphatic rings. The summed E-state index contributed by atoms with van der Waals surface area (Å²) in [6.07, 6.45) is -0.899. The van der Waals surface area contributed by atoms with Gasteiger partial charge in [0.2, 0.25) is 0 Å². The number of methoxy groups -OCH3 is 1. The van der Waals surface area contributed by atoms with Crippen LogP contribution in [0.15, 0.2) is 30.3 Å². The van der Waals surface area contributed by atoms with E-state index in [1.165, 1.54) is 7.11 Å². The van der Waals surface area contributed by atoms with Crippen molar-refractivity contribution in [2.24, 2.45) is 0 Å². The normalized spacial score (nSPS) is 13.1. The number of carbonyl (C=O) groups excluding carboxylic acids is 4. The van der Waals surface area contributed by atoms with Gasteiger partial charge in [0.25, 0.3) is 0 Å². The van der Waals surface area contributed by atoms with E-state index < -0.39 is 49.9 Å². The molecule has 11 heteroatoms. The van der Waals surface area contributed by atoms with Crippen molar-refractivity contribution in [1.29, 1.82) is 0 Å². The standard InChI is InChI=1S/C26H42N2O8Si/c1-26(2,3)36-25(32)28-20(22(29)33-4)14-11-15-21(23(30)34-16-17-37(5,6)7)27-24(31)35-18-19-12-9-8-10-13-19/h8-10,12-13,20-21H,11,14-18H2,1-7H3,(H,27,31)(H,28,32)/t20-,21+/m1/s1. The van der Waals surface area contributed by atoms with Crippen molar-refractivity contribution in [3.8, 4) is 0 Å². The van der Waals surface area contributed by atoms with Crippen LogP contribution in [0.1, 0.15) is 45.6 Å². The van der Waals surface area contributed by atoms with Gasteiger partial charge in [0.1, 0.15) is 24.3 Å². The van der Waals surface area contributed by atoms with Crippen molar-refractivity contribution < 1.29 is 38.1 Å². The van der Waals surface area contributed by atoms with Gasteiger partial charge in [0.15, 0.2) is 0 Å².